The van der Waals surface area contributed by atoms with Crippen molar-refractivity contribution in [2.75, 3.05) is 12.4 Å². The summed E-state index contributed by atoms with van der Waals surface area (Å²) >= 11 is 6.04. The van der Waals surface area contributed by atoms with Crippen LogP contribution in [-0.2, 0) is 6.54 Å². The molecule has 5 nitrogen and oxygen atoms in total. The van der Waals surface area contributed by atoms with Crippen LogP contribution in [0, 0.1) is 0 Å². The molecule has 4 rings (SSSR count). The van der Waals surface area contributed by atoms with Crippen LogP contribution in [0.3, 0.4) is 0 Å². The molecule has 0 radical (unpaired) electrons. The first-order valence-corrected chi connectivity index (χ1v) is 8.37. The summed E-state index contributed by atoms with van der Waals surface area (Å²) in [5, 5.41) is 3.65. The van der Waals surface area contributed by atoms with Crippen molar-refractivity contribution in [2.45, 2.75) is 12.6 Å². The van der Waals surface area contributed by atoms with Crippen molar-refractivity contribution < 1.29 is 4.79 Å². The van der Waals surface area contributed by atoms with Gasteiger partial charge in [0.2, 0.25) is 0 Å². The van der Waals surface area contributed by atoms with Gasteiger partial charge in [-0.3, -0.25) is 0 Å². The summed E-state index contributed by atoms with van der Waals surface area (Å²) in [5.74, 6) is 0. The molecule has 2 heterocycles. The Balaban J connectivity index is 1.79. The van der Waals surface area contributed by atoms with Crippen molar-refractivity contribution in [3.63, 3.8) is 0 Å². The molecule has 0 fully saturated rings. The Morgan fingerprint density at radius 1 is 1.16 bits per heavy atom. The molecule has 0 saturated carbocycles. The molecule has 0 bridgehead atoms. The normalized spacial score (nSPS) is 14.8. The number of nitrogens with one attached hydrogen (secondary N) is 1. The highest BCUT2D eigenvalue weighted by atomic mass is 35.5. The lowest BCUT2D eigenvalue weighted by Gasteiger charge is -2.28. The highest BCUT2D eigenvalue weighted by Crippen LogP contribution is 2.32. The van der Waals surface area contributed by atoms with E-state index in [9.17, 15) is 4.79 Å². The van der Waals surface area contributed by atoms with Crippen molar-refractivity contribution in [3.05, 3.63) is 82.9 Å². The maximum Gasteiger partial charge on any atom is 0.321 e. The van der Waals surface area contributed by atoms with Gasteiger partial charge in [-0.1, -0.05) is 35.9 Å². The van der Waals surface area contributed by atoms with E-state index in [-0.39, 0.29) is 12.1 Å². The van der Waals surface area contributed by atoms with Crippen LogP contribution in [-0.4, -0.2) is 27.5 Å². The van der Waals surface area contributed by atoms with Gasteiger partial charge in [-0.25, -0.2) is 9.78 Å². The number of amides is 2. The molecular formula is C19H17ClN4O. The van der Waals surface area contributed by atoms with Crippen molar-refractivity contribution in [1.82, 2.24) is 14.5 Å². The van der Waals surface area contributed by atoms with Gasteiger partial charge in [0.25, 0.3) is 0 Å². The Hall–Kier alpha value is -2.79. The van der Waals surface area contributed by atoms with Gasteiger partial charge in [-0.05, 0) is 34.9 Å². The predicted molar refractivity (Wildman–Crippen MR) is 97.8 cm³/mol. The average molecular weight is 353 g/mol. The summed E-state index contributed by atoms with van der Waals surface area (Å²) in [7, 11) is 1.79. The van der Waals surface area contributed by atoms with Crippen LogP contribution in [0.15, 0.2) is 61.2 Å². The van der Waals surface area contributed by atoms with E-state index in [1.807, 2.05) is 41.1 Å². The second-order valence-electron chi connectivity index (χ2n) is 6.17. The van der Waals surface area contributed by atoms with E-state index in [0.29, 0.717) is 11.6 Å². The molecular weight excluding hydrogens is 336 g/mol. The van der Waals surface area contributed by atoms with Crippen molar-refractivity contribution in [2.24, 2.45) is 0 Å². The van der Waals surface area contributed by atoms with Gasteiger partial charge >= 0.3 is 6.03 Å². The van der Waals surface area contributed by atoms with Gasteiger partial charge in [0.15, 0.2) is 0 Å². The maximum atomic E-state index is 12.0. The number of carbonyl (C=O) groups is 1. The number of benzene rings is 2. The highest BCUT2D eigenvalue weighted by Gasteiger charge is 2.22. The second kappa shape index (κ2) is 6.26. The maximum absolute atomic E-state index is 12.0. The lowest BCUT2D eigenvalue weighted by molar-refractivity contribution is 0.218. The smallest absolute Gasteiger partial charge is 0.321 e. The third-order valence-corrected chi connectivity index (χ3v) is 4.71. The largest absolute Gasteiger partial charge is 0.326 e. The van der Waals surface area contributed by atoms with E-state index >= 15 is 0 Å². The van der Waals surface area contributed by atoms with Crippen molar-refractivity contribution in [3.8, 4) is 0 Å². The van der Waals surface area contributed by atoms with Crippen LogP contribution in [0.4, 0.5) is 10.5 Å². The zero-order valence-corrected chi connectivity index (χ0v) is 14.4. The number of anilines is 1. The van der Waals surface area contributed by atoms with Gasteiger partial charge in [0, 0.05) is 36.7 Å². The Labute approximate surface area is 150 Å². The molecule has 0 saturated heterocycles. The van der Waals surface area contributed by atoms with Crippen LogP contribution >= 0.6 is 11.6 Å². The Morgan fingerprint density at radius 3 is 2.64 bits per heavy atom. The summed E-state index contributed by atoms with van der Waals surface area (Å²) in [5.41, 5.74) is 4.14. The number of nitrogens with zero attached hydrogens (tertiary/aromatic N) is 3. The van der Waals surface area contributed by atoms with Gasteiger partial charge in [-0.15, -0.1) is 0 Å². The minimum Gasteiger partial charge on any atom is -0.326 e. The summed E-state index contributed by atoms with van der Waals surface area (Å²) < 4.78 is 2.04. The van der Waals surface area contributed by atoms with Crippen LogP contribution in [0.25, 0.3) is 0 Å². The third-order valence-electron chi connectivity index (χ3n) is 4.45. The van der Waals surface area contributed by atoms with Gasteiger partial charge in [0.05, 0.1) is 12.4 Å². The first kappa shape index (κ1) is 15.7. The first-order chi connectivity index (χ1) is 12.1. The van der Waals surface area contributed by atoms with Crippen LogP contribution in [0.5, 0.6) is 0 Å². The lowest BCUT2D eigenvalue weighted by atomic mass is 9.96. The lowest BCUT2D eigenvalue weighted by Crippen LogP contribution is -2.35. The molecule has 0 spiro atoms. The van der Waals surface area contributed by atoms with E-state index in [0.717, 1.165) is 22.4 Å². The van der Waals surface area contributed by atoms with Gasteiger partial charge in [-0.2, -0.15) is 0 Å². The number of imidazole rings is 1. The molecule has 1 aliphatic rings. The third kappa shape index (κ3) is 2.98. The molecule has 1 aromatic heterocycles. The standard InChI is InChI=1S/C19H17ClN4O/c1-23-11-15-3-2-14(10-17(15)22-19(23)25)18(24-9-8-21-12-24)13-4-6-16(20)7-5-13/h2-10,12,18H,11H2,1H3,(H,22,25). The summed E-state index contributed by atoms with van der Waals surface area (Å²) in [6.07, 6.45) is 5.49. The fraction of sp³-hybridized carbons (Fsp3) is 0.158. The zero-order chi connectivity index (χ0) is 17.4. The highest BCUT2D eigenvalue weighted by molar-refractivity contribution is 6.30. The monoisotopic (exact) mass is 352 g/mol. The quantitative estimate of drug-likeness (QED) is 0.769. The summed E-state index contributed by atoms with van der Waals surface area (Å²) in [6.45, 7) is 0.609. The molecule has 1 N–H and O–H groups in total. The van der Waals surface area contributed by atoms with Gasteiger partial charge < -0.3 is 14.8 Å². The first-order valence-electron chi connectivity index (χ1n) is 7.99. The second-order valence-corrected chi connectivity index (χ2v) is 6.60. The molecule has 3 aromatic rings. The van der Waals surface area contributed by atoms with E-state index in [1.54, 1.807) is 24.5 Å². The molecule has 0 aliphatic carbocycles. The number of carbonyl (C=O) groups excluding carboxylic acids is 1. The minimum absolute atomic E-state index is 0.0402. The Kier molecular flexibility index (Phi) is 3.93. The van der Waals surface area contributed by atoms with Gasteiger partial charge in [0.1, 0.15) is 0 Å². The number of fused-ring (bicyclic) bond motifs is 1. The predicted octanol–water partition coefficient (Wildman–Crippen LogP) is 4.15. The Morgan fingerprint density at radius 2 is 1.92 bits per heavy atom. The molecule has 126 valence electrons. The van der Waals surface area contributed by atoms with Crippen LogP contribution < -0.4 is 5.32 Å². The molecule has 1 aliphatic heterocycles. The molecule has 2 amide bonds. The van der Waals surface area contributed by atoms with E-state index in [2.05, 4.69) is 22.4 Å². The number of urea groups is 1. The van der Waals surface area contributed by atoms with Crippen LogP contribution in [0.2, 0.25) is 5.02 Å². The molecule has 25 heavy (non-hydrogen) atoms. The van der Waals surface area contributed by atoms with Crippen LogP contribution in [0.1, 0.15) is 22.7 Å². The fourth-order valence-corrected chi connectivity index (χ4v) is 3.29. The zero-order valence-electron chi connectivity index (χ0n) is 13.7. The molecule has 2 aromatic carbocycles. The number of halogens is 1. The molecule has 6 heteroatoms. The minimum atomic E-state index is -0.0877. The van der Waals surface area contributed by atoms with Crippen molar-refractivity contribution in [1.29, 1.82) is 0 Å². The SMILES string of the molecule is CN1Cc2ccc(C(c3ccc(Cl)cc3)n3ccnc3)cc2NC1=O. The molecule has 1 unspecified atom stereocenters. The number of rotatable bonds is 3. The van der Waals surface area contributed by atoms with E-state index < -0.39 is 0 Å². The van der Waals surface area contributed by atoms with E-state index in [4.69, 9.17) is 11.6 Å². The number of hydrogen-bond acceptors (Lipinski definition) is 2. The Bertz CT molecular complexity index is 906. The number of hydrogen-bond donors (Lipinski definition) is 1. The van der Waals surface area contributed by atoms with Crippen molar-refractivity contribution >= 4 is 23.3 Å². The average Bonchev–Trinajstić information content (AvgIpc) is 3.12. The van der Waals surface area contributed by atoms with E-state index in [1.165, 1.54) is 0 Å². The summed E-state index contributed by atoms with van der Waals surface area (Å²) in [4.78, 5) is 17.8. The molecule has 1 atom stereocenters. The fourth-order valence-electron chi connectivity index (χ4n) is 3.16. The topological polar surface area (TPSA) is 50.2 Å². The number of aromatic nitrogens is 2. The summed E-state index contributed by atoms with van der Waals surface area (Å²) in [6, 6.07) is 13.9.